The van der Waals surface area contributed by atoms with Crippen LogP contribution in [-0.4, -0.2) is 27.7 Å². The molecule has 0 aromatic heterocycles. The molecule has 0 spiro atoms. The van der Waals surface area contributed by atoms with Crippen molar-refractivity contribution in [3.8, 4) is 11.5 Å². The summed E-state index contributed by atoms with van der Waals surface area (Å²) in [6.45, 7) is 4.03. The maximum Gasteiger partial charge on any atom is 0.237 e. The number of benzene rings is 1. The summed E-state index contributed by atoms with van der Waals surface area (Å²) < 4.78 is 0. The van der Waals surface area contributed by atoms with Gasteiger partial charge in [-0.15, -0.1) is 0 Å². The minimum absolute atomic E-state index is 0.179. The zero-order valence-electron chi connectivity index (χ0n) is 11.9. The molecule has 0 aliphatic heterocycles. The summed E-state index contributed by atoms with van der Waals surface area (Å²) in [6.07, 6.45) is 2.61. The minimum atomic E-state index is -0.669. The molecule has 20 heavy (non-hydrogen) atoms. The Morgan fingerprint density at radius 2 is 2.05 bits per heavy atom. The lowest BCUT2D eigenvalue weighted by Crippen LogP contribution is -2.52. The number of phenols is 2. The smallest absolute Gasteiger partial charge is 0.237 e. The quantitative estimate of drug-likeness (QED) is 0.610. The Labute approximate surface area is 118 Å². The average molecular weight is 278 g/mol. The lowest BCUT2D eigenvalue weighted by Gasteiger charge is -2.28. The molecule has 0 radical (unpaired) electrons. The number of phenolic OH excluding ortho intramolecular Hbond substituents is 2. The largest absolute Gasteiger partial charge is 0.504 e. The van der Waals surface area contributed by atoms with E-state index in [0.29, 0.717) is 17.9 Å². The molecule has 0 heterocycles. The predicted octanol–water partition coefficient (Wildman–Crippen LogP) is 1.27. The van der Waals surface area contributed by atoms with E-state index < -0.39 is 6.04 Å². The molecule has 1 atom stereocenters. The first-order valence-electron chi connectivity index (χ1n) is 6.88. The van der Waals surface area contributed by atoms with Crippen LogP contribution in [0.2, 0.25) is 0 Å². The van der Waals surface area contributed by atoms with Crippen LogP contribution in [0.25, 0.3) is 0 Å². The summed E-state index contributed by atoms with van der Waals surface area (Å²) in [5, 5.41) is 21.7. The molecule has 1 aliphatic carbocycles. The lowest BCUT2D eigenvalue weighted by molar-refractivity contribution is -0.124. The van der Waals surface area contributed by atoms with Gasteiger partial charge in [-0.1, -0.05) is 6.07 Å². The highest BCUT2D eigenvalue weighted by molar-refractivity contribution is 5.82. The van der Waals surface area contributed by atoms with Crippen LogP contribution in [0.5, 0.6) is 11.5 Å². The lowest BCUT2D eigenvalue weighted by atomic mass is 9.97. The Morgan fingerprint density at radius 1 is 1.40 bits per heavy atom. The standard InChI is InChI=1S/C15H22N2O3/c1-15(2,10-4-5-10)17-14(20)11(16)7-9-3-6-12(18)13(19)8-9/h3,6,8,10-11,18-19H,4-5,7,16H2,1-2H3,(H,17,20)/t11-/m0/s1. The predicted molar refractivity (Wildman–Crippen MR) is 76.4 cm³/mol. The number of carbonyl (C=O) groups is 1. The van der Waals surface area contributed by atoms with Gasteiger partial charge in [-0.3, -0.25) is 4.79 Å². The number of rotatable bonds is 5. The van der Waals surface area contributed by atoms with E-state index in [9.17, 15) is 15.0 Å². The average Bonchev–Trinajstić information content (AvgIpc) is 3.17. The van der Waals surface area contributed by atoms with Gasteiger partial charge in [-0.25, -0.2) is 0 Å². The molecule has 1 fully saturated rings. The highest BCUT2D eigenvalue weighted by Gasteiger charge is 2.39. The molecular formula is C15H22N2O3. The summed E-state index contributed by atoms with van der Waals surface area (Å²) >= 11 is 0. The molecular weight excluding hydrogens is 256 g/mol. The van der Waals surface area contributed by atoms with Gasteiger partial charge in [0, 0.05) is 5.54 Å². The molecule has 0 unspecified atom stereocenters. The van der Waals surface area contributed by atoms with Gasteiger partial charge in [0.05, 0.1) is 6.04 Å². The molecule has 110 valence electrons. The number of amides is 1. The summed E-state index contributed by atoms with van der Waals surface area (Å²) in [4.78, 5) is 12.1. The zero-order chi connectivity index (χ0) is 14.9. The highest BCUT2D eigenvalue weighted by Crippen LogP contribution is 2.39. The first-order valence-corrected chi connectivity index (χ1v) is 6.88. The van der Waals surface area contributed by atoms with Crippen LogP contribution in [0.4, 0.5) is 0 Å². The summed E-state index contributed by atoms with van der Waals surface area (Å²) in [6, 6.07) is 3.79. The van der Waals surface area contributed by atoms with Crippen molar-refractivity contribution in [2.45, 2.75) is 44.7 Å². The third-order valence-electron chi connectivity index (χ3n) is 3.88. The highest BCUT2D eigenvalue weighted by atomic mass is 16.3. The van der Waals surface area contributed by atoms with Gasteiger partial charge < -0.3 is 21.3 Å². The van der Waals surface area contributed by atoms with Gasteiger partial charge in [-0.2, -0.15) is 0 Å². The van der Waals surface area contributed by atoms with Crippen LogP contribution in [0, 0.1) is 5.92 Å². The van der Waals surface area contributed by atoms with Crippen LogP contribution < -0.4 is 11.1 Å². The Balaban J connectivity index is 1.94. The monoisotopic (exact) mass is 278 g/mol. The Morgan fingerprint density at radius 3 is 2.60 bits per heavy atom. The maximum atomic E-state index is 12.1. The van der Waals surface area contributed by atoms with E-state index in [-0.39, 0.29) is 22.9 Å². The van der Waals surface area contributed by atoms with E-state index in [4.69, 9.17) is 5.73 Å². The van der Waals surface area contributed by atoms with Crippen LogP contribution >= 0.6 is 0 Å². The fourth-order valence-corrected chi connectivity index (χ4v) is 2.36. The van der Waals surface area contributed by atoms with Gasteiger partial charge in [0.2, 0.25) is 5.91 Å². The molecule has 1 aromatic carbocycles. The van der Waals surface area contributed by atoms with E-state index in [1.807, 2.05) is 13.8 Å². The van der Waals surface area contributed by atoms with Crippen molar-refractivity contribution in [3.63, 3.8) is 0 Å². The first kappa shape index (κ1) is 14.7. The second kappa shape index (κ2) is 5.32. The number of carbonyl (C=O) groups excluding carboxylic acids is 1. The molecule has 0 bridgehead atoms. The summed E-state index contributed by atoms with van der Waals surface area (Å²) in [5.74, 6) is -0.0270. The summed E-state index contributed by atoms with van der Waals surface area (Å²) in [5.41, 5.74) is 6.41. The van der Waals surface area contributed by atoms with E-state index in [2.05, 4.69) is 5.32 Å². The fourth-order valence-electron chi connectivity index (χ4n) is 2.36. The van der Waals surface area contributed by atoms with Crippen LogP contribution in [-0.2, 0) is 11.2 Å². The van der Waals surface area contributed by atoms with Gasteiger partial charge in [-0.05, 0) is 56.7 Å². The van der Waals surface area contributed by atoms with Gasteiger partial charge >= 0.3 is 0 Å². The van der Waals surface area contributed by atoms with E-state index in [1.165, 1.54) is 12.1 Å². The molecule has 1 amide bonds. The first-order chi connectivity index (χ1) is 9.29. The number of nitrogens with two attached hydrogens (primary N) is 1. The van der Waals surface area contributed by atoms with Gasteiger partial charge in [0.25, 0.3) is 0 Å². The maximum absolute atomic E-state index is 12.1. The number of aromatic hydroxyl groups is 2. The molecule has 5 N–H and O–H groups in total. The molecule has 1 aliphatic rings. The third kappa shape index (κ3) is 3.42. The zero-order valence-corrected chi connectivity index (χ0v) is 11.9. The molecule has 2 rings (SSSR count). The second-order valence-electron chi connectivity index (χ2n) is 6.12. The molecule has 1 aromatic rings. The number of nitrogens with one attached hydrogen (secondary N) is 1. The second-order valence-corrected chi connectivity index (χ2v) is 6.12. The molecule has 1 saturated carbocycles. The van der Waals surface area contributed by atoms with Gasteiger partial charge in [0.15, 0.2) is 11.5 Å². The summed E-state index contributed by atoms with van der Waals surface area (Å²) in [7, 11) is 0. The van der Waals surface area contributed by atoms with Crippen molar-refractivity contribution >= 4 is 5.91 Å². The minimum Gasteiger partial charge on any atom is -0.504 e. The SMILES string of the molecule is CC(C)(NC(=O)[C@@H](N)Cc1ccc(O)c(O)c1)C1CC1. The molecule has 0 saturated heterocycles. The van der Waals surface area contributed by atoms with Gasteiger partial charge in [0.1, 0.15) is 0 Å². The fraction of sp³-hybridized carbons (Fsp3) is 0.533. The van der Waals surface area contributed by atoms with Crippen molar-refractivity contribution in [3.05, 3.63) is 23.8 Å². The number of hydrogen-bond acceptors (Lipinski definition) is 4. The van der Waals surface area contributed by atoms with Crippen molar-refractivity contribution < 1.29 is 15.0 Å². The van der Waals surface area contributed by atoms with Crippen molar-refractivity contribution in [1.82, 2.24) is 5.32 Å². The van der Waals surface area contributed by atoms with Crippen LogP contribution in [0.15, 0.2) is 18.2 Å². The van der Waals surface area contributed by atoms with Crippen molar-refractivity contribution in [2.24, 2.45) is 11.7 Å². The van der Waals surface area contributed by atoms with E-state index in [1.54, 1.807) is 6.07 Å². The molecule has 5 heteroatoms. The Hall–Kier alpha value is -1.75. The van der Waals surface area contributed by atoms with E-state index in [0.717, 1.165) is 12.8 Å². The third-order valence-corrected chi connectivity index (χ3v) is 3.88. The Kier molecular flexibility index (Phi) is 3.90. The van der Waals surface area contributed by atoms with Crippen molar-refractivity contribution in [1.29, 1.82) is 0 Å². The molecule has 5 nitrogen and oxygen atoms in total. The Bertz CT molecular complexity index is 510. The normalized spacial score (nSPS) is 16.8. The topological polar surface area (TPSA) is 95.6 Å². The van der Waals surface area contributed by atoms with Crippen molar-refractivity contribution in [2.75, 3.05) is 0 Å². The van der Waals surface area contributed by atoms with Crippen LogP contribution in [0.3, 0.4) is 0 Å². The number of hydrogen-bond donors (Lipinski definition) is 4. The van der Waals surface area contributed by atoms with Crippen LogP contribution in [0.1, 0.15) is 32.3 Å². The van der Waals surface area contributed by atoms with E-state index >= 15 is 0 Å².